The maximum atomic E-state index is 11.3. The van der Waals surface area contributed by atoms with E-state index in [9.17, 15) is 9.90 Å². The van der Waals surface area contributed by atoms with Gasteiger partial charge in [0.15, 0.2) is 0 Å². The molecule has 2 heterocycles. The Morgan fingerprint density at radius 3 is 2.62 bits per heavy atom. The average molecular weight is 276 g/mol. The van der Waals surface area contributed by atoms with Crippen LogP contribution in [0.25, 0.3) is 33.1 Å². The van der Waals surface area contributed by atoms with Crippen LogP contribution in [0.4, 0.5) is 0 Å². The molecule has 0 saturated carbocycles. The zero-order valence-electron chi connectivity index (χ0n) is 11.1. The molecular formula is C17H12N2O2. The quantitative estimate of drug-likeness (QED) is 0.517. The number of rotatable bonds is 2. The number of aromatic nitrogens is 2. The number of carbonyl (C=O) groups is 1. The molecule has 2 aromatic heterocycles. The second kappa shape index (κ2) is 4.24. The van der Waals surface area contributed by atoms with Gasteiger partial charge in [0, 0.05) is 39.3 Å². The van der Waals surface area contributed by atoms with Crippen molar-refractivity contribution in [2.24, 2.45) is 0 Å². The number of aromatic carboxylic acids is 1. The van der Waals surface area contributed by atoms with Gasteiger partial charge in [0.05, 0.1) is 5.56 Å². The van der Waals surface area contributed by atoms with Crippen LogP contribution in [0.3, 0.4) is 0 Å². The minimum Gasteiger partial charge on any atom is -0.478 e. The SMILES string of the molecule is O=C(O)c1cccc2[nH]c(-c3cccc4[nH]ccc34)cc12. The lowest BCUT2D eigenvalue weighted by molar-refractivity contribution is 0.0699. The van der Waals surface area contributed by atoms with Crippen LogP contribution in [0.1, 0.15) is 10.4 Å². The fourth-order valence-corrected chi connectivity index (χ4v) is 2.81. The molecule has 4 rings (SSSR count). The molecule has 0 aliphatic carbocycles. The summed E-state index contributed by atoms with van der Waals surface area (Å²) in [5.41, 5.74) is 4.18. The maximum absolute atomic E-state index is 11.3. The van der Waals surface area contributed by atoms with Gasteiger partial charge in [0.1, 0.15) is 0 Å². The lowest BCUT2D eigenvalue weighted by Crippen LogP contribution is -1.95. The zero-order chi connectivity index (χ0) is 14.4. The minimum atomic E-state index is -0.911. The number of H-pyrrole nitrogens is 2. The molecule has 4 nitrogen and oxygen atoms in total. The molecule has 3 N–H and O–H groups in total. The molecule has 102 valence electrons. The van der Waals surface area contributed by atoms with Crippen molar-refractivity contribution in [1.82, 2.24) is 9.97 Å². The first-order chi connectivity index (χ1) is 10.2. The number of carboxylic acid groups (broad SMARTS) is 1. The predicted octanol–water partition coefficient (Wildman–Crippen LogP) is 4.01. The summed E-state index contributed by atoms with van der Waals surface area (Å²) in [6.45, 7) is 0. The topological polar surface area (TPSA) is 68.9 Å². The van der Waals surface area contributed by atoms with Crippen LogP contribution in [0.2, 0.25) is 0 Å². The van der Waals surface area contributed by atoms with E-state index in [1.54, 1.807) is 12.1 Å². The molecule has 0 spiro atoms. The molecule has 0 radical (unpaired) electrons. The van der Waals surface area contributed by atoms with Crippen molar-refractivity contribution in [1.29, 1.82) is 0 Å². The van der Waals surface area contributed by atoms with Crippen molar-refractivity contribution in [2.45, 2.75) is 0 Å². The molecule has 0 aliphatic rings. The van der Waals surface area contributed by atoms with E-state index in [0.29, 0.717) is 5.56 Å². The van der Waals surface area contributed by atoms with Crippen molar-refractivity contribution in [3.63, 3.8) is 0 Å². The highest BCUT2D eigenvalue weighted by Gasteiger charge is 2.12. The summed E-state index contributed by atoms with van der Waals surface area (Å²) in [6, 6.07) is 15.2. The summed E-state index contributed by atoms with van der Waals surface area (Å²) in [6.07, 6.45) is 1.90. The van der Waals surface area contributed by atoms with Gasteiger partial charge >= 0.3 is 5.97 Å². The predicted molar refractivity (Wildman–Crippen MR) is 82.6 cm³/mol. The number of hydrogen-bond donors (Lipinski definition) is 3. The van der Waals surface area contributed by atoms with Gasteiger partial charge in [0.25, 0.3) is 0 Å². The van der Waals surface area contributed by atoms with E-state index in [0.717, 1.165) is 33.1 Å². The Bertz CT molecular complexity index is 979. The third-order valence-electron chi connectivity index (χ3n) is 3.78. The van der Waals surface area contributed by atoms with Gasteiger partial charge in [-0.3, -0.25) is 0 Å². The third kappa shape index (κ3) is 1.73. The van der Waals surface area contributed by atoms with Crippen LogP contribution in [0, 0.1) is 0 Å². The minimum absolute atomic E-state index is 0.316. The van der Waals surface area contributed by atoms with Gasteiger partial charge in [-0.2, -0.15) is 0 Å². The second-order valence-corrected chi connectivity index (χ2v) is 5.00. The van der Waals surface area contributed by atoms with E-state index < -0.39 is 5.97 Å². The number of nitrogens with one attached hydrogen (secondary N) is 2. The van der Waals surface area contributed by atoms with Crippen LogP contribution < -0.4 is 0 Å². The number of carboxylic acids is 1. The Balaban J connectivity index is 2.01. The van der Waals surface area contributed by atoms with Gasteiger partial charge in [-0.1, -0.05) is 18.2 Å². The number of benzene rings is 2. The lowest BCUT2D eigenvalue weighted by Gasteiger charge is -2.00. The van der Waals surface area contributed by atoms with Gasteiger partial charge in [-0.25, -0.2) is 4.79 Å². The highest BCUT2D eigenvalue weighted by atomic mass is 16.4. The highest BCUT2D eigenvalue weighted by Crippen LogP contribution is 2.31. The number of aromatic amines is 2. The zero-order valence-corrected chi connectivity index (χ0v) is 11.1. The monoisotopic (exact) mass is 276 g/mol. The fraction of sp³-hybridized carbons (Fsp3) is 0. The molecule has 0 saturated heterocycles. The van der Waals surface area contributed by atoms with E-state index in [-0.39, 0.29) is 0 Å². The molecule has 0 fully saturated rings. The molecule has 21 heavy (non-hydrogen) atoms. The van der Waals surface area contributed by atoms with Crippen molar-refractivity contribution >= 4 is 27.8 Å². The van der Waals surface area contributed by atoms with Crippen LogP contribution in [0.5, 0.6) is 0 Å². The molecule has 0 unspecified atom stereocenters. The summed E-state index contributed by atoms with van der Waals surface area (Å²) in [7, 11) is 0. The van der Waals surface area contributed by atoms with Crippen molar-refractivity contribution < 1.29 is 9.90 Å². The van der Waals surface area contributed by atoms with Crippen LogP contribution in [0.15, 0.2) is 54.7 Å². The summed E-state index contributed by atoms with van der Waals surface area (Å²) < 4.78 is 0. The smallest absolute Gasteiger partial charge is 0.336 e. The Labute approximate surface area is 120 Å². The molecule has 0 bridgehead atoms. The second-order valence-electron chi connectivity index (χ2n) is 5.00. The fourth-order valence-electron chi connectivity index (χ4n) is 2.81. The first-order valence-electron chi connectivity index (χ1n) is 6.65. The summed E-state index contributed by atoms with van der Waals surface area (Å²) in [4.78, 5) is 17.8. The van der Waals surface area contributed by atoms with Gasteiger partial charge in [-0.15, -0.1) is 0 Å². The van der Waals surface area contributed by atoms with E-state index >= 15 is 0 Å². The number of fused-ring (bicyclic) bond motifs is 2. The van der Waals surface area contributed by atoms with Crippen LogP contribution >= 0.6 is 0 Å². The van der Waals surface area contributed by atoms with Crippen molar-refractivity contribution in [3.05, 3.63) is 60.3 Å². The highest BCUT2D eigenvalue weighted by molar-refractivity contribution is 6.05. The molecular weight excluding hydrogens is 264 g/mol. The van der Waals surface area contributed by atoms with Crippen LogP contribution in [-0.2, 0) is 0 Å². The van der Waals surface area contributed by atoms with E-state index in [2.05, 4.69) is 9.97 Å². The molecule has 4 heteroatoms. The van der Waals surface area contributed by atoms with Gasteiger partial charge in [0.2, 0.25) is 0 Å². The molecule has 2 aromatic carbocycles. The molecule has 4 aromatic rings. The molecule has 0 atom stereocenters. The summed E-state index contributed by atoms with van der Waals surface area (Å²) in [5, 5.41) is 11.1. The first kappa shape index (κ1) is 11.8. The van der Waals surface area contributed by atoms with Gasteiger partial charge < -0.3 is 15.1 Å². The average Bonchev–Trinajstić information content (AvgIpc) is 3.12. The Morgan fingerprint density at radius 2 is 1.76 bits per heavy atom. The van der Waals surface area contributed by atoms with E-state index in [1.807, 2.05) is 42.6 Å². The molecule has 0 aliphatic heterocycles. The number of hydrogen-bond acceptors (Lipinski definition) is 1. The Morgan fingerprint density at radius 1 is 0.952 bits per heavy atom. The summed E-state index contributed by atoms with van der Waals surface area (Å²) >= 11 is 0. The van der Waals surface area contributed by atoms with Gasteiger partial charge in [-0.05, 0) is 30.3 Å². The van der Waals surface area contributed by atoms with Crippen LogP contribution in [-0.4, -0.2) is 21.0 Å². The third-order valence-corrected chi connectivity index (χ3v) is 3.78. The first-order valence-corrected chi connectivity index (χ1v) is 6.65. The largest absolute Gasteiger partial charge is 0.478 e. The maximum Gasteiger partial charge on any atom is 0.336 e. The van der Waals surface area contributed by atoms with E-state index in [1.165, 1.54) is 0 Å². The van der Waals surface area contributed by atoms with Crippen molar-refractivity contribution in [3.8, 4) is 11.3 Å². The lowest BCUT2D eigenvalue weighted by atomic mass is 10.1. The Hall–Kier alpha value is -3.01. The Kier molecular flexibility index (Phi) is 2.38. The normalized spacial score (nSPS) is 11.2. The molecule has 0 amide bonds. The van der Waals surface area contributed by atoms with Crippen molar-refractivity contribution in [2.75, 3.05) is 0 Å². The summed E-state index contributed by atoms with van der Waals surface area (Å²) in [5.74, 6) is -0.911. The standard InChI is InChI=1S/C17H12N2O2/c20-17(21)12-4-2-6-15-13(12)9-16(19-15)10-3-1-5-14-11(10)7-8-18-14/h1-9,18-19H,(H,20,21). The van der Waals surface area contributed by atoms with E-state index in [4.69, 9.17) is 0 Å².